The number of benzene rings is 3. The molecule has 246 valence electrons. The Bertz CT molecular complexity index is 1730. The first-order valence-electron chi connectivity index (χ1n) is 15.6. The molecule has 0 saturated carbocycles. The average molecular weight is 647 g/mol. The number of methoxy groups -OCH3 is 1. The van der Waals surface area contributed by atoms with Gasteiger partial charge in [-0.25, -0.2) is 8.78 Å². The normalized spacial score (nSPS) is 17.0. The number of carbonyl (C=O) groups excluding carboxylic acids is 2. The Morgan fingerprint density at radius 1 is 0.979 bits per heavy atom. The summed E-state index contributed by atoms with van der Waals surface area (Å²) in [5.41, 5.74) is 1.29. The number of pyridine rings is 1. The molecule has 47 heavy (non-hydrogen) atoms. The largest absolute Gasteiger partial charge is 0.493 e. The van der Waals surface area contributed by atoms with Crippen LogP contribution in [0.15, 0.2) is 66.9 Å². The Balaban J connectivity index is 1.10. The van der Waals surface area contributed by atoms with E-state index in [-0.39, 0.29) is 17.3 Å². The zero-order valence-corrected chi connectivity index (χ0v) is 26.0. The molecule has 10 nitrogen and oxygen atoms in total. The molecule has 6 rings (SSSR count). The number of amides is 2. The van der Waals surface area contributed by atoms with Crippen LogP contribution in [0, 0.1) is 17.6 Å². The number of carbonyl (C=O) groups is 2. The zero-order valence-electron chi connectivity index (χ0n) is 26.0. The third-order valence-corrected chi connectivity index (χ3v) is 8.28. The molecule has 2 amide bonds. The quantitative estimate of drug-likeness (QED) is 0.161. The van der Waals surface area contributed by atoms with Crippen LogP contribution >= 0.6 is 0 Å². The summed E-state index contributed by atoms with van der Waals surface area (Å²) in [6.07, 6.45) is 3.36. The smallest absolute Gasteiger partial charge is 0.239 e. The maximum atomic E-state index is 15.3. The van der Waals surface area contributed by atoms with Gasteiger partial charge < -0.3 is 29.2 Å². The third kappa shape index (κ3) is 7.61. The van der Waals surface area contributed by atoms with Crippen LogP contribution in [-0.2, 0) is 14.3 Å². The van der Waals surface area contributed by atoms with E-state index < -0.39 is 23.5 Å². The molecule has 2 aliphatic heterocycles. The van der Waals surface area contributed by atoms with Crippen LogP contribution in [0.1, 0.15) is 19.3 Å². The number of nitrogens with zero attached hydrogens (tertiary/aromatic N) is 3. The molecule has 2 fully saturated rings. The van der Waals surface area contributed by atoms with Crippen molar-refractivity contribution in [3.05, 3.63) is 78.5 Å². The molecule has 0 aliphatic carbocycles. The minimum atomic E-state index is -0.954. The Kier molecular flexibility index (Phi) is 10.1. The fourth-order valence-electron chi connectivity index (χ4n) is 5.79. The van der Waals surface area contributed by atoms with Gasteiger partial charge >= 0.3 is 0 Å². The summed E-state index contributed by atoms with van der Waals surface area (Å²) in [6, 6.07) is 14.8. The molecule has 1 unspecified atom stereocenters. The van der Waals surface area contributed by atoms with Gasteiger partial charge in [0.25, 0.3) is 0 Å². The number of morpholine rings is 1. The van der Waals surface area contributed by atoms with E-state index in [1.54, 1.807) is 31.5 Å². The number of hydrogen-bond acceptors (Lipinski definition) is 8. The number of ether oxygens (including phenoxy) is 4. The van der Waals surface area contributed by atoms with Gasteiger partial charge in [0.05, 0.1) is 32.4 Å². The summed E-state index contributed by atoms with van der Waals surface area (Å²) < 4.78 is 51.6. The van der Waals surface area contributed by atoms with Crippen molar-refractivity contribution in [2.45, 2.75) is 19.3 Å². The van der Waals surface area contributed by atoms with E-state index in [9.17, 15) is 14.0 Å². The number of nitrogens with one attached hydrogen (secondary N) is 1. The lowest BCUT2D eigenvalue weighted by Crippen LogP contribution is -2.46. The molecule has 3 aromatic carbocycles. The molecule has 0 radical (unpaired) electrons. The van der Waals surface area contributed by atoms with E-state index in [2.05, 4.69) is 15.2 Å². The van der Waals surface area contributed by atoms with E-state index in [1.165, 1.54) is 41.3 Å². The van der Waals surface area contributed by atoms with Crippen molar-refractivity contribution in [2.75, 3.05) is 63.3 Å². The zero-order chi connectivity index (χ0) is 32.8. The van der Waals surface area contributed by atoms with Gasteiger partial charge in [0.2, 0.25) is 11.8 Å². The van der Waals surface area contributed by atoms with Gasteiger partial charge in [0.15, 0.2) is 23.1 Å². The van der Waals surface area contributed by atoms with E-state index >= 15 is 4.39 Å². The minimum Gasteiger partial charge on any atom is -0.493 e. The summed E-state index contributed by atoms with van der Waals surface area (Å²) in [4.78, 5) is 34.5. The second-order valence-corrected chi connectivity index (χ2v) is 11.4. The van der Waals surface area contributed by atoms with Crippen LogP contribution in [0.4, 0.5) is 20.2 Å². The summed E-state index contributed by atoms with van der Waals surface area (Å²) in [7, 11) is 1.55. The summed E-state index contributed by atoms with van der Waals surface area (Å²) in [5, 5.41) is 3.26. The molecule has 3 heterocycles. The first kappa shape index (κ1) is 32.1. The second-order valence-electron chi connectivity index (χ2n) is 11.4. The monoisotopic (exact) mass is 646 g/mol. The SMILES string of the molecule is COc1cc2c(Oc3ccc(NC(=O)C4CCCN(c5ccc(F)cc5)C4=O)cc3F)ccnc2cc1OCCCN1CCOCC1. The van der Waals surface area contributed by atoms with Crippen molar-refractivity contribution < 1.29 is 37.3 Å². The molecule has 2 saturated heterocycles. The summed E-state index contributed by atoms with van der Waals surface area (Å²) in [6.45, 7) is 5.19. The maximum Gasteiger partial charge on any atom is 0.239 e. The van der Waals surface area contributed by atoms with Crippen molar-refractivity contribution in [2.24, 2.45) is 5.92 Å². The molecular weight excluding hydrogens is 610 g/mol. The Labute approximate surface area is 271 Å². The highest BCUT2D eigenvalue weighted by molar-refractivity contribution is 6.12. The highest BCUT2D eigenvalue weighted by Crippen LogP contribution is 2.38. The second kappa shape index (κ2) is 14.7. The van der Waals surface area contributed by atoms with Gasteiger partial charge in [0, 0.05) is 61.3 Å². The van der Waals surface area contributed by atoms with Crippen LogP contribution in [-0.4, -0.2) is 74.8 Å². The van der Waals surface area contributed by atoms with Crippen LogP contribution in [0.2, 0.25) is 0 Å². The van der Waals surface area contributed by atoms with Crippen molar-refractivity contribution in [1.29, 1.82) is 0 Å². The van der Waals surface area contributed by atoms with Crippen molar-refractivity contribution in [3.8, 4) is 23.0 Å². The predicted molar refractivity (Wildman–Crippen MR) is 172 cm³/mol. The lowest BCUT2D eigenvalue weighted by molar-refractivity contribution is -0.132. The lowest BCUT2D eigenvalue weighted by atomic mass is 9.95. The van der Waals surface area contributed by atoms with Crippen LogP contribution in [0.25, 0.3) is 10.9 Å². The van der Waals surface area contributed by atoms with Crippen molar-refractivity contribution in [3.63, 3.8) is 0 Å². The highest BCUT2D eigenvalue weighted by atomic mass is 19.1. The van der Waals surface area contributed by atoms with Crippen LogP contribution in [0.3, 0.4) is 0 Å². The number of halogens is 2. The fraction of sp³-hybridized carbons (Fsp3) is 0.343. The minimum absolute atomic E-state index is 0.0610. The van der Waals surface area contributed by atoms with Gasteiger partial charge in [-0.05, 0) is 67.8 Å². The molecule has 1 aromatic heterocycles. The topological polar surface area (TPSA) is 102 Å². The average Bonchev–Trinajstić information content (AvgIpc) is 3.08. The van der Waals surface area contributed by atoms with E-state index in [4.69, 9.17) is 18.9 Å². The maximum absolute atomic E-state index is 15.3. The predicted octanol–water partition coefficient (Wildman–Crippen LogP) is 5.80. The molecule has 0 spiro atoms. The lowest BCUT2D eigenvalue weighted by Gasteiger charge is -2.31. The van der Waals surface area contributed by atoms with E-state index in [0.717, 1.165) is 45.3 Å². The molecule has 1 N–H and O–H groups in total. The summed E-state index contributed by atoms with van der Waals surface area (Å²) in [5.74, 6) is -1.66. The summed E-state index contributed by atoms with van der Waals surface area (Å²) >= 11 is 0. The Morgan fingerprint density at radius 2 is 1.79 bits per heavy atom. The number of aromatic nitrogens is 1. The molecule has 2 aliphatic rings. The van der Waals surface area contributed by atoms with Gasteiger partial charge in [-0.1, -0.05) is 0 Å². The molecular formula is C35H36F2N4O6. The van der Waals surface area contributed by atoms with Gasteiger partial charge in [-0.2, -0.15) is 0 Å². The van der Waals surface area contributed by atoms with Gasteiger partial charge in [-0.15, -0.1) is 0 Å². The highest BCUT2D eigenvalue weighted by Gasteiger charge is 2.35. The van der Waals surface area contributed by atoms with Crippen LogP contribution in [0.5, 0.6) is 23.0 Å². The van der Waals surface area contributed by atoms with Crippen LogP contribution < -0.4 is 24.4 Å². The van der Waals surface area contributed by atoms with E-state index in [0.29, 0.717) is 59.8 Å². The standard InChI is InChI=1S/C35H36F2N4O6/c1-44-32-21-27-29(22-33(32)46-17-3-13-40-15-18-45-19-16-40)38-12-11-30(27)47-31-10-7-24(20-28(31)37)39-34(42)26-4-2-14-41(35(26)43)25-8-5-23(36)6-9-25/h5-12,20-22,26H,2-4,13-19H2,1H3,(H,39,42). The van der Waals surface area contributed by atoms with E-state index in [1.807, 2.05) is 0 Å². The van der Waals surface area contributed by atoms with Crippen molar-refractivity contribution >= 4 is 34.1 Å². The van der Waals surface area contributed by atoms with Crippen molar-refractivity contribution in [1.82, 2.24) is 9.88 Å². The number of fused-ring (bicyclic) bond motifs is 1. The first-order valence-corrected chi connectivity index (χ1v) is 15.6. The number of rotatable bonds is 11. The Hall–Kier alpha value is -4.81. The molecule has 4 aromatic rings. The molecule has 0 bridgehead atoms. The Morgan fingerprint density at radius 3 is 2.55 bits per heavy atom. The van der Waals surface area contributed by atoms with Gasteiger partial charge in [-0.3, -0.25) is 19.5 Å². The first-order chi connectivity index (χ1) is 22.9. The molecule has 12 heteroatoms. The number of hydrogen-bond donors (Lipinski definition) is 1. The number of anilines is 2. The fourth-order valence-corrected chi connectivity index (χ4v) is 5.79. The third-order valence-electron chi connectivity index (χ3n) is 8.28. The van der Waals surface area contributed by atoms with Gasteiger partial charge in [0.1, 0.15) is 17.5 Å². The number of piperidine rings is 1. The molecule has 1 atom stereocenters.